The molecular formula is C15H14N2O5. The van der Waals surface area contributed by atoms with Crippen LogP contribution < -0.4 is 10.1 Å². The van der Waals surface area contributed by atoms with E-state index < -0.39 is 11.9 Å². The average Bonchev–Trinajstić information content (AvgIpc) is 2.52. The zero-order valence-corrected chi connectivity index (χ0v) is 11.7. The molecule has 1 aromatic carbocycles. The van der Waals surface area contributed by atoms with Crippen LogP contribution in [0.3, 0.4) is 0 Å². The zero-order valence-electron chi connectivity index (χ0n) is 11.7. The number of pyridine rings is 1. The van der Waals surface area contributed by atoms with Gasteiger partial charge in [0.1, 0.15) is 5.75 Å². The van der Waals surface area contributed by atoms with Gasteiger partial charge in [-0.25, -0.2) is 14.6 Å². The second kappa shape index (κ2) is 6.57. The molecule has 0 saturated carbocycles. The van der Waals surface area contributed by atoms with Crippen molar-refractivity contribution in [2.45, 2.75) is 6.54 Å². The number of aromatic nitrogens is 1. The van der Waals surface area contributed by atoms with Crippen LogP contribution >= 0.6 is 0 Å². The fourth-order valence-electron chi connectivity index (χ4n) is 1.91. The standard InChI is InChI=1S/C15H14N2O5/c1-22-10-4-2-9(3-5-10)8-17-12-11(14(18)19)6-7-16-13(12)15(20)21/h2-7,17H,8H2,1H3,(H,18,19)(H,20,21). The molecule has 114 valence electrons. The maximum atomic E-state index is 11.2. The number of hydrogen-bond acceptors (Lipinski definition) is 5. The molecule has 0 bridgehead atoms. The maximum absolute atomic E-state index is 11.2. The third kappa shape index (κ3) is 3.32. The molecule has 1 heterocycles. The summed E-state index contributed by atoms with van der Waals surface area (Å²) < 4.78 is 5.05. The van der Waals surface area contributed by atoms with Crippen LogP contribution in [0.2, 0.25) is 0 Å². The van der Waals surface area contributed by atoms with Gasteiger partial charge in [-0.15, -0.1) is 0 Å². The summed E-state index contributed by atoms with van der Waals surface area (Å²) >= 11 is 0. The topological polar surface area (TPSA) is 109 Å². The Morgan fingerprint density at radius 2 is 1.82 bits per heavy atom. The number of anilines is 1. The average molecular weight is 302 g/mol. The van der Waals surface area contributed by atoms with Crippen molar-refractivity contribution in [3.63, 3.8) is 0 Å². The van der Waals surface area contributed by atoms with Crippen LogP contribution in [0.1, 0.15) is 26.4 Å². The van der Waals surface area contributed by atoms with Gasteiger partial charge in [-0.1, -0.05) is 12.1 Å². The van der Waals surface area contributed by atoms with Crippen LogP contribution in [-0.4, -0.2) is 34.2 Å². The zero-order chi connectivity index (χ0) is 16.1. The first-order chi connectivity index (χ1) is 10.5. The quantitative estimate of drug-likeness (QED) is 0.749. The van der Waals surface area contributed by atoms with E-state index in [9.17, 15) is 9.59 Å². The minimum absolute atomic E-state index is 0.0154. The van der Waals surface area contributed by atoms with Crippen molar-refractivity contribution in [1.82, 2.24) is 4.98 Å². The second-order valence-corrected chi connectivity index (χ2v) is 4.39. The number of carboxylic acids is 2. The lowest BCUT2D eigenvalue weighted by Gasteiger charge is -2.12. The second-order valence-electron chi connectivity index (χ2n) is 4.39. The van der Waals surface area contributed by atoms with Gasteiger partial charge >= 0.3 is 11.9 Å². The molecule has 0 fully saturated rings. The Kier molecular flexibility index (Phi) is 4.57. The van der Waals surface area contributed by atoms with Crippen molar-refractivity contribution >= 4 is 17.6 Å². The van der Waals surface area contributed by atoms with Gasteiger partial charge in [-0.3, -0.25) is 0 Å². The lowest BCUT2D eigenvalue weighted by atomic mass is 10.1. The molecule has 0 spiro atoms. The van der Waals surface area contributed by atoms with Gasteiger partial charge in [0.25, 0.3) is 0 Å². The Bertz CT molecular complexity index is 665. The summed E-state index contributed by atoms with van der Waals surface area (Å²) in [5, 5.41) is 21.1. The van der Waals surface area contributed by atoms with Gasteiger partial charge in [-0.05, 0) is 23.8 Å². The third-order valence-electron chi connectivity index (χ3n) is 3.01. The van der Waals surface area contributed by atoms with Crippen molar-refractivity contribution in [2.24, 2.45) is 0 Å². The van der Waals surface area contributed by atoms with Gasteiger partial charge in [0, 0.05) is 12.7 Å². The van der Waals surface area contributed by atoms with Gasteiger partial charge in [0.05, 0.1) is 18.4 Å². The molecule has 0 aliphatic carbocycles. The summed E-state index contributed by atoms with van der Waals surface area (Å²) in [6, 6.07) is 8.37. The largest absolute Gasteiger partial charge is 0.497 e. The van der Waals surface area contributed by atoms with Crippen LogP contribution in [0.25, 0.3) is 0 Å². The molecule has 22 heavy (non-hydrogen) atoms. The van der Waals surface area contributed by atoms with Crippen LogP contribution in [0.15, 0.2) is 36.5 Å². The van der Waals surface area contributed by atoms with E-state index in [2.05, 4.69) is 10.3 Å². The molecule has 0 radical (unpaired) electrons. The number of benzene rings is 1. The predicted molar refractivity (Wildman–Crippen MR) is 78.5 cm³/mol. The van der Waals surface area contributed by atoms with Gasteiger partial charge in [-0.2, -0.15) is 0 Å². The molecule has 7 heteroatoms. The van der Waals surface area contributed by atoms with E-state index in [1.54, 1.807) is 31.4 Å². The third-order valence-corrected chi connectivity index (χ3v) is 3.01. The van der Waals surface area contributed by atoms with Crippen molar-refractivity contribution in [3.8, 4) is 5.75 Å². The number of methoxy groups -OCH3 is 1. The van der Waals surface area contributed by atoms with E-state index >= 15 is 0 Å². The molecule has 0 atom stereocenters. The predicted octanol–water partition coefficient (Wildman–Crippen LogP) is 2.10. The molecule has 0 unspecified atom stereocenters. The SMILES string of the molecule is COc1ccc(CNc2c(C(=O)O)ccnc2C(=O)O)cc1. The number of aromatic carboxylic acids is 2. The fourth-order valence-corrected chi connectivity index (χ4v) is 1.91. The first-order valence-electron chi connectivity index (χ1n) is 6.35. The summed E-state index contributed by atoms with van der Waals surface area (Å²) in [6.45, 7) is 0.260. The molecule has 0 aliphatic heterocycles. The lowest BCUT2D eigenvalue weighted by molar-refractivity contribution is 0.0691. The highest BCUT2D eigenvalue weighted by Gasteiger charge is 2.19. The molecule has 0 aliphatic rings. The van der Waals surface area contributed by atoms with Crippen molar-refractivity contribution in [3.05, 3.63) is 53.3 Å². The summed E-state index contributed by atoms with van der Waals surface area (Å²) in [6.07, 6.45) is 1.16. The van der Waals surface area contributed by atoms with E-state index in [4.69, 9.17) is 14.9 Å². The highest BCUT2D eigenvalue weighted by Crippen LogP contribution is 2.21. The minimum Gasteiger partial charge on any atom is -0.497 e. The molecule has 0 saturated heterocycles. The maximum Gasteiger partial charge on any atom is 0.356 e. The number of carbonyl (C=O) groups is 2. The van der Waals surface area contributed by atoms with Gasteiger partial charge in [0.15, 0.2) is 5.69 Å². The Morgan fingerprint density at radius 1 is 1.14 bits per heavy atom. The van der Waals surface area contributed by atoms with Crippen molar-refractivity contribution < 1.29 is 24.5 Å². The van der Waals surface area contributed by atoms with Crippen LogP contribution in [0.4, 0.5) is 5.69 Å². The van der Waals surface area contributed by atoms with Gasteiger partial charge < -0.3 is 20.3 Å². The van der Waals surface area contributed by atoms with E-state index in [-0.39, 0.29) is 23.5 Å². The summed E-state index contributed by atoms with van der Waals surface area (Å²) in [5.74, 6) is -1.81. The van der Waals surface area contributed by atoms with Crippen LogP contribution in [0, 0.1) is 0 Å². The van der Waals surface area contributed by atoms with Crippen molar-refractivity contribution in [2.75, 3.05) is 12.4 Å². The number of nitrogens with one attached hydrogen (secondary N) is 1. The first-order valence-corrected chi connectivity index (χ1v) is 6.35. The minimum atomic E-state index is -1.29. The highest BCUT2D eigenvalue weighted by atomic mass is 16.5. The van der Waals surface area contributed by atoms with Gasteiger partial charge in [0.2, 0.25) is 0 Å². The number of hydrogen-bond donors (Lipinski definition) is 3. The number of carboxylic acid groups (broad SMARTS) is 2. The molecule has 2 aromatic rings. The van der Waals surface area contributed by atoms with E-state index in [0.717, 1.165) is 11.8 Å². The molecule has 7 nitrogen and oxygen atoms in total. The number of ether oxygens (including phenoxy) is 1. The van der Waals surface area contributed by atoms with Crippen molar-refractivity contribution in [1.29, 1.82) is 0 Å². The Hall–Kier alpha value is -3.09. The van der Waals surface area contributed by atoms with Crippen LogP contribution in [-0.2, 0) is 6.54 Å². The summed E-state index contributed by atoms with van der Waals surface area (Å²) in [7, 11) is 1.56. The summed E-state index contributed by atoms with van der Waals surface area (Å²) in [5.41, 5.74) is 0.366. The number of rotatable bonds is 6. The Labute approximate surface area is 126 Å². The Morgan fingerprint density at radius 3 is 2.36 bits per heavy atom. The Balaban J connectivity index is 2.27. The fraction of sp³-hybridized carbons (Fsp3) is 0.133. The summed E-state index contributed by atoms with van der Waals surface area (Å²) in [4.78, 5) is 26.1. The molecule has 2 rings (SSSR count). The van der Waals surface area contributed by atoms with E-state index in [1.807, 2.05) is 0 Å². The van der Waals surface area contributed by atoms with E-state index in [1.165, 1.54) is 6.07 Å². The lowest BCUT2D eigenvalue weighted by Crippen LogP contribution is -2.13. The molecular weight excluding hydrogens is 288 g/mol. The smallest absolute Gasteiger partial charge is 0.356 e. The highest BCUT2D eigenvalue weighted by molar-refractivity contribution is 6.01. The molecule has 1 aromatic heterocycles. The molecule has 3 N–H and O–H groups in total. The van der Waals surface area contributed by atoms with Crippen LogP contribution in [0.5, 0.6) is 5.75 Å². The van der Waals surface area contributed by atoms with E-state index in [0.29, 0.717) is 5.75 Å². The number of nitrogens with zero attached hydrogens (tertiary/aromatic N) is 1. The first kappa shape index (κ1) is 15.3. The monoisotopic (exact) mass is 302 g/mol. The normalized spacial score (nSPS) is 10.0. The molecule has 0 amide bonds.